The summed E-state index contributed by atoms with van der Waals surface area (Å²) in [6, 6.07) is 1.08. The van der Waals surface area contributed by atoms with Gasteiger partial charge in [-0.2, -0.15) is 0 Å². The van der Waals surface area contributed by atoms with Crippen molar-refractivity contribution in [1.29, 1.82) is 0 Å². The number of anilines is 1. The maximum atomic E-state index is 13.3. The molecule has 0 fully saturated rings. The number of aliphatic hydroxyl groups excluding tert-OH is 1. The van der Waals surface area contributed by atoms with Gasteiger partial charge in [0.1, 0.15) is 16.5 Å². The second-order valence-corrected chi connectivity index (χ2v) is 5.24. The Morgan fingerprint density at radius 1 is 1.41 bits per heavy atom. The second kappa shape index (κ2) is 4.94. The fourth-order valence-electron chi connectivity index (χ4n) is 1.06. The molecule has 0 spiro atoms. The molecule has 4 N–H and O–H groups in total. The number of benzene rings is 1. The van der Waals surface area contributed by atoms with Gasteiger partial charge >= 0.3 is 0 Å². The fourth-order valence-corrected chi connectivity index (χ4v) is 2.27. The van der Waals surface area contributed by atoms with Gasteiger partial charge in [0.25, 0.3) is 0 Å². The summed E-state index contributed by atoms with van der Waals surface area (Å²) in [4.78, 5) is -0.753. The summed E-state index contributed by atoms with van der Waals surface area (Å²) in [5.41, 5.74) is 4.69. The highest BCUT2D eigenvalue weighted by Gasteiger charge is 2.21. The fraction of sp³-hybridized carbons (Fsp3) is 0.333. The molecule has 1 rings (SSSR count). The number of hydrogen-bond acceptors (Lipinski definition) is 4. The van der Waals surface area contributed by atoms with E-state index < -0.39 is 38.3 Å². The summed E-state index contributed by atoms with van der Waals surface area (Å²) in [5.74, 6) is -2.27. The molecule has 0 aliphatic carbocycles. The van der Waals surface area contributed by atoms with E-state index in [9.17, 15) is 17.2 Å². The number of nitrogens with one attached hydrogen (secondary N) is 1. The molecule has 0 aliphatic heterocycles. The Kier molecular flexibility index (Phi) is 4.02. The van der Waals surface area contributed by atoms with Crippen LogP contribution in [0, 0.1) is 11.6 Å². The van der Waals surface area contributed by atoms with Gasteiger partial charge in [0, 0.05) is 12.6 Å². The first kappa shape index (κ1) is 13.8. The average Bonchev–Trinajstić information content (AvgIpc) is 2.20. The van der Waals surface area contributed by atoms with Crippen molar-refractivity contribution >= 4 is 15.7 Å². The predicted molar refractivity (Wildman–Crippen MR) is 57.6 cm³/mol. The van der Waals surface area contributed by atoms with E-state index in [1.807, 2.05) is 4.72 Å². The molecule has 0 heterocycles. The van der Waals surface area contributed by atoms with Crippen LogP contribution in [0.15, 0.2) is 17.0 Å². The molecular formula is C9H12F2N2O3S. The Bertz CT molecular complexity index is 517. The van der Waals surface area contributed by atoms with Crippen LogP contribution in [-0.4, -0.2) is 26.2 Å². The molecule has 0 bridgehead atoms. The van der Waals surface area contributed by atoms with Crippen LogP contribution in [0.5, 0.6) is 0 Å². The number of rotatable bonds is 4. The third kappa shape index (κ3) is 3.35. The summed E-state index contributed by atoms with van der Waals surface area (Å²) in [7, 11) is -4.16. The summed E-state index contributed by atoms with van der Waals surface area (Å²) in [6.07, 6.45) is -0.925. The lowest BCUT2D eigenvalue weighted by Crippen LogP contribution is -2.31. The van der Waals surface area contributed by atoms with Crippen molar-refractivity contribution in [1.82, 2.24) is 4.72 Å². The molecule has 0 aliphatic rings. The molecule has 1 aromatic rings. The monoisotopic (exact) mass is 266 g/mol. The Morgan fingerprint density at radius 3 is 2.53 bits per heavy atom. The lowest BCUT2D eigenvalue weighted by atomic mass is 10.3. The van der Waals surface area contributed by atoms with Crippen LogP contribution in [0.3, 0.4) is 0 Å². The highest BCUT2D eigenvalue weighted by molar-refractivity contribution is 7.89. The van der Waals surface area contributed by atoms with Crippen molar-refractivity contribution in [3.63, 3.8) is 0 Å². The number of nitrogens with two attached hydrogens (primary N) is 1. The number of nitrogen functional groups attached to an aromatic ring is 1. The molecule has 0 unspecified atom stereocenters. The predicted octanol–water partition coefficient (Wildman–Crippen LogP) is 0.206. The van der Waals surface area contributed by atoms with Crippen LogP contribution in [0.1, 0.15) is 6.92 Å². The van der Waals surface area contributed by atoms with Crippen molar-refractivity contribution in [2.75, 3.05) is 12.3 Å². The van der Waals surface area contributed by atoms with Gasteiger partial charge in [0.15, 0.2) is 0 Å². The Labute approximate surface area is 97.3 Å². The van der Waals surface area contributed by atoms with Crippen molar-refractivity contribution < 1.29 is 22.3 Å². The van der Waals surface area contributed by atoms with E-state index in [1.165, 1.54) is 6.92 Å². The second-order valence-electron chi connectivity index (χ2n) is 3.51. The van der Waals surface area contributed by atoms with E-state index in [0.29, 0.717) is 12.1 Å². The maximum absolute atomic E-state index is 13.3. The maximum Gasteiger partial charge on any atom is 0.243 e. The summed E-state index contributed by atoms with van der Waals surface area (Å²) in [5, 5.41) is 8.93. The standard InChI is InChI=1S/C9H12F2N2O3S/c1-5(14)4-13-17(15,16)9-3-8(12)6(10)2-7(9)11/h2-3,5,13-14H,4,12H2,1H3/t5-/m1/s1. The number of sulfonamides is 1. The lowest BCUT2D eigenvalue weighted by Gasteiger charge is -2.10. The van der Waals surface area contributed by atoms with Crippen LogP contribution in [0.2, 0.25) is 0 Å². The molecule has 0 saturated carbocycles. The van der Waals surface area contributed by atoms with Crippen LogP contribution in [0.4, 0.5) is 14.5 Å². The van der Waals surface area contributed by atoms with Crippen molar-refractivity contribution in [3.05, 3.63) is 23.8 Å². The lowest BCUT2D eigenvalue weighted by molar-refractivity contribution is 0.198. The Morgan fingerprint density at radius 2 is 2.00 bits per heavy atom. The van der Waals surface area contributed by atoms with Gasteiger partial charge in [0.05, 0.1) is 11.8 Å². The summed E-state index contributed by atoms with van der Waals surface area (Å²) >= 11 is 0. The molecule has 1 atom stereocenters. The zero-order chi connectivity index (χ0) is 13.2. The molecule has 1 aromatic carbocycles. The highest BCUT2D eigenvalue weighted by atomic mass is 32.2. The minimum atomic E-state index is -4.16. The van der Waals surface area contributed by atoms with Gasteiger partial charge in [-0.05, 0) is 13.0 Å². The molecule has 0 saturated heterocycles. The topological polar surface area (TPSA) is 92.4 Å². The first-order chi connectivity index (χ1) is 7.74. The van der Waals surface area contributed by atoms with Crippen LogP contribution >= 0.6 is 0 Å². The van der Waals surface area contributed by atoms with Gasteiger partial charge < -0.3 is 10.8 Å². The van der Waals surface area contributed by atoms with Crippen molar-refractivity contribution in [2.45, 2.75) is 17.9 Å². The third-order valence-corrected chi connectivity index (χ3v) is 3.35. The van der Waals surface area contributed by atoms with Crippen LogP contribution in [-0.2, 0) is 10.0 Å². The normalized spacial score (nSPS) is 13.6. The Balaban J connectivity index is 3.11. The largest absolute Gasteiger partial charge is 0.396 e. The van der Waals surface area contributed by atoms with E-state index in [-0.39, 0.29) is 6.54 Å². The number of hydrogen-bond donors (Lipinski definition) is 3. The first-order valence-electron chi connectivity index (χ1n) is 4.66. The first-order valence-corrected chi connectivity index (χ1v) is 6.14. The average molecular weight is 266 g/mol. The minimum Gasteiger partial charge on any atom is -0.396 e. The molecule has 8 heteroatoms. The Hall–Kier alpha value is -1.25. The molecule has 96 valence electrons. The smallest absolute Gasteiger partial charge is 0.243 e. The van der Waals surface area contributed by atoms with Crippen molar-refractivity contribution in [2.24, 2.45) is 0 Å². The van der Waals surface area contributed by atoms with E-state index in [2.05, 4.69) is 0 Å². The van der Waals surface area contributed by atoms with Crippen molar-refractivity contribution in [3.8, 4) is 0 Å². The summed E-state index contributed by atoms with van der Waals surface area (Å²) in [6.45, 7) is 1.08. The molecule has 17 heavy (non-hydrogen) atoms. The summed E-state index contributed by atoms with van der Waals surface area (Å²) < 4.78 is 51.2. The molecule has 0 amide bonds. The molecule has 5 nitrogen and oxygen atoms in total. The zero-order valence-corrected chi connectivity index (χ0v) is 9.76. The minimum absolute atomic E-state index is 0.279. The quantitative estimate of drug-likeness (QED) is 0.679. The molecule has 0 aromatic heterocycles. The molecule has 0 radical (unpaired) electrons. The SMILES string of the molecule is C[C@@H](O)CNS(=O)(=O)c1cc(N)c(F)cc1F. The van der Waals surface area contributed by atoms with Crippen LogP contribution < -0.4 is 10.5 Å². The highest BCUT2D eigenvalue weighted by Crippen LogP contribution is 2.20. The van der Waals surface area contributed by atoms with E-state index in [0.717, 1.165) is 0 Å². The van der Waals surface area contributed by atoms with Gasteiger partial charge in [-0.1, -0.05) is 0 Å². The van der Waals surface area contributed by atoms with E-state index in [4.69, 9.17) is 10.8 Å². The van der Waals surface area contributed by atoms with Crippen LogP contribution in [0.25, 0.3) is 0 Å². The zero-order valence-electron chi connectivity index (χ0n) is 8.94. The number of aliphatic hydroxyl groups is 1. The van der Waals surface area contributed by atoms with Gasteiger partial charge in [-0.3, -0.25) is 0 Å². The van der Waals surface area contributed by atoms with E-state index >= 15 is 0 Å². The van der Waals surface area contributed by atoms with Gasteiger partial charge in [-0.25, -0.2) is 21.9 Å². The van der Waals surface area contributed by atoms with Gasteiger partial charge in [0.2, 0.25) is 10.0 Å². The third-order valence-electron chi connectivity index (χ3n) is 1.91. The van der Waals surface area contributed by atoms with E-state index in [1.54, 1.807) is 0 Å². The molecular weight excluding hydrogens is 254 g/mol. The van der Waals surface area contributed by atoms with Gasteiger partial charge in [-0.15, -0.1) is 0 Å². The number of halogens is 2.